The van der Waals surface area contributed by atoms with Crippen LogP contribution in [0.1, 0.15) is 104 Å². The van der Waals surface area contributed by atoms with Crippen molar-refractivity contribution >= 4 is 11.9 Å². The Labute approximate surface area is 226 Å². The van der Waals surface area contributed by atoms with Gasteiger partial charge in [-0.25, -0.2) is 0 Å². The maximum Gasteiger partial charge on any atom is 1.00 e. The zero-order chi connectivity index (χ0) is 22.0. The number of carboxylic acid groups (broad SMARTS) is 1. The fraction of sp³-hybridized carbons (Fsp3) is 0.913. The largest absolute Gasteiger partial charge is 1.00 e. The number of rotatable bonds is 20. The molecule has 0 aliphatic carbocycles. The standard InChI is InChI=1S/C23H45NO5.K/c1-3-4-5-6-7-8-9-10-11-12-13-14-15-16-23(2,22(28)29)21(27)24(17-19-25)18-20-26;/h25-26H,3-20H2,1-2H3,(H,28,29);/q;+1/p-1. The normalized spacial score (nSPS) is 12.8. The van der Waals surface area contributed by atoms with Crippen molar-refractivity contribution in [2.45, 2.75) is 104 Å². The number of carboxylic acids is 1. The maximum atomic E-state index is 12.6. The van der Waals surface area contributed by atoms with Crippen LogP contribution in [0.2, 0.25) is 0 Å². The van der Waals surface area contributed by atoms with Gasteiger partial charge in [0, 0.05) is 13.1 Å². The van der Waals surface area contributed by atoms with Gasteiger partial charge in [0.1, 0.15) is 0 Å². The molecule has 0 aliphatic heterocycles. The van der Waals surface area contributed by atoms with E-state index in [0.717, 1.165) is 19.3 Å². The summed E-state index contributed by atoms with van der Waals surface area (Å²) in [6.45, 7) is 3.12. The van der Waals surface area contributed by atoms with Gasteiger partial charge in [0.05, 0.1) is 24.6 Å². The van der Waals surface area contributed by atoms with Gasteiger partial charge in [-0.15, -0.1) is 0 Å². The van der Waals surface area contributed by atoms with Gasteiger partial charge in [-0.05, 0) is 13.3 Å². The van der Waals surface area contributed by atoms with Crippen LogP contribution < -0.4 is 56.5 Å². The first-order valence-electron chi connectivity index (χ1n) is 11.7. The number of aliphatic hydroxyl groups excluding tert-OH is 2. The topological polar surface area (TPSA) is 101 Å². The van der Waals surface area contributed by atoms with E-state index >= 15 is 0 Å². The van der Waals surface area contributed by atoms with Gasteiger partial charge in [-0.3, -0.25) is 4.79 Å². The Morgan fingerprint density at radius 2 is 1.13 bits per heavy atom. The first-order chi connectivity index (χ1) is 13.9. The summed E-state index contributed by atoms with van der Waals surface area (Å²) in [7, 11) is 0. The number of aliphatic hydroxyl groups is 2. The minimum Gasteiger partial charge on any atom is -0.549 e. The molecule has 0 aromatic heterocycles. The van der Waals surface area contributed by atoms with Crippen LogP contribution in [-0.4, -0.2) is 53.3 Å². The van der Waals surface area contributed by atoms with Crippen LogP contribution in [0.3, 0.4) is 0 Å². The second-order valence-electron chi connectivity index (χ2n) is 8.35. The number of carbonyl (C=O) groups excluding carboxylic acids is 2. The SMILES string of the molecule is CCCCCCCCCCCCCCCC(C)(C(=O)[O-])C(=O)N(CCO)CCO.[K+]. The Kier molecular flexibility index (Phi) is 23.3. The van der Waals surface area contributed by atoms with Gasteiger partial charge in [0.25, 0.3) is 0 Å². The Bertz CT molecular complexity index is 430. The molecule has 0 spiro atoms. The minimum absolute atomic E-state index is 0. The third-order valence-electron chi connectivity index (χ3n) is 5.73. The Balaban J connectivity index is 0. The summed E-state index contributed by atoms with van der Waals surface area (Å²) in [4.78, 5) is 25.5. The molecule has 1 atom stereocenters. The molecule has 0 fully saturated rings. The molecule has 7 heteroatoms. The van der Waals surface area contributed by atoms with Crippen LogP contribution in [0.4, 0.5) is 0 Å². The molecule has 0 aromatic carbocycles. The number of aliphatic carboxylic acids is 1. The summed E-state index contributed by atoms with van der Waals surface area (Å²) in [5.41, 5.74) is -1.61. The summed E-state index contributed by atoms with van der Waals surface area (Å²) in [5.74, 6) is -1.97. The van der Waals surface area contributed by atoms with E-state index in [9.17, 15) is 14.7 Å². The van der Waals surface area contributed by atoms with E-state index in [4.69, 9.17) is 10.2 Å². The van der Waals surface area contributed by atoms with Crippen molar-refractivity contribution in [1.82, 2.24) is 4.90 Å². The first kappa shape index (κ1) is 32.7. The van der Waals surface area contributed by atoms with Gasteiger partial charge in [-0.1, -0.05) is 90.4 Å². The summed E-state index contributed by atoms with van der Waals surface area (Å²) in [6, 6.07) is 0. The molecule has 0 aromatic rings. The summed E-state index contributed by atoms with van der Waals surface area (Å²) >= 11 is 0. The van der Waals surface area contributed by atoms with Crippen molar-refractivity contribution in [3.05, 3.63) is 0 Å². The average Bonchev–Trinajstić information content (AvgIpc) is 2.70. The molecule has 0 rings (SSSR count). The molecule has 1 amide bonds. The molecule has 6 nitrogen and oxygen atoms in total. The molecular formula is C23H44KNO5. The number of nitrogens with zero attached hydrogens (tertiary/aromatic N) is 1. The number of amides is 1. The van der Waals surface area contributed by atoms with Crippen molar-refractivity contribution in [2.24, 2.45) is 5.41 Å². The van der Waals surface area contributed by atoms with E-state index in [1.807, 2.05) is 0 Å². The van der Waals surface area contributed by atoms with E-state index in [1.54, 1.807) is 0 Å². The molecule has 0 heterocycles. The van der Waals surface area contributed by atoms with Crippen LogP contribution in [0, 0.1) is 5.41 Å². The first-order valence-corrected chi connectivity index (χ1v) is 11.7. The summed E-state index contributed by atoms with van der Waals surface area (Å²) in [6.07, 6.45) is 15.8. The number of unbranched alkanes of at least 4 members (excludes halogenated alkanes) is 12. The molecule has 0 saturated heterocycles. The fourth-order valence-corrected chi connectivity index (χ4v) is 3.70. The monoisotopic (exact) mass is 453 g/mol. The van der Waals surface area contributed by atoms with E-state index in [0.29, 0.717) is 6.42 Å². The van der Waals surface area contributed by atoms with E-state index < -0.39 is 17.3 Å². The van der Waals surface area contributed by atoms with Crippen molar-refractivity contribution in [3.8, 4) is 0 Å². The molecular weight excluding hydrogens is 409 g/mol. The Morgan fingerprint density at radius 1 is 0.767 bits per heavy atom. The molecule has 1 unspecified atom stereocenters. The predicted molar refractivity (Wildman–Crippen MR) is 114 cm³/mol. The minimum atomic E-state index is -1.61. The summed E-state index contributed by atoms with van der Waals surface area (Å²) in [5, 5.41) is 29.8. The predicted octanol–water partition coefficient (Wildman–Crippen LogP) is 0.0411. The van der Waals surface area contributed by atoms with Gasteiger partial charge in [0.15, 0.2) is 0 Å². The maximum absolute atomic E-state index is 12.6. The van der Waals surface area contributed by atoms with Gasteiger partial charge in [0.2, 0.25) is 5.91 Å². The van der Waals surface area contributed by atoms with E-state index in [1.165, 1.54) is 69.6 Å². The van der Waals surface area contributed by atoms with E-state index in [2.05, 4.69) is 6.92 Å². The fourth-order valence-electron chi connectivity index (χ4n) is 3.70. The van der Waals surface area contributed by atoms with E-state index in [-0.39, 0.29) is 84.1 Å². The zero-order valence-electron chi connectivity index (χ0n) is 19.8. The molecule has 30 heavy (non-hydrogen) atoms. The summed E-state index contributed by atoms with van der Waals surface area (Å²) < 4.78 is 0. The van der Waals surface area contributed by atoms with Crippen molar-refractivity contribution in [3.63, 3.8) is 0 Å². The molecule has 2 N–H and O–H groups in total. The van der Waals surface area contributed by atoms with Crippen LogP contribution in [-0.2, 0) is 9.59 Å². The van der Waals surface area contributed by atoms with Crippen LogP contribution >= 0.6 is 0 Å². The Morgan fingerprint density at radius 3 is 1.47 bits per heavy atom. The zero-order valence-corrected chi connectivity index (χ0v) is 22.9. The molecule has 0 radical (unpaired) electrons. The number of hydrogen-bond acceptors (Lipinski definition) is 5. The molecule has 0 aliphatic rings. The smallest absolute Gasteiger partial charge is 0.549 e. The molecule has 172 valence electrons. The quantitative estimate of drug-likeness (QED) is 0.154. The average molecular weight is 454 g/mol. The van der Waals surface area contributed by atoms with Crippen molar-refractivity contribution < 1.29 is 76.3 Å². The second kappa shape index (κ2) is 21.3. The van der Waals surface area contributed by atoms with Crippen LogP contribution in [0.25, 0.3) is 0 Å². The Hall–Kier alpha value is 0.496. The number of hydrogen-bond donors (Lipinski definition) is 2. The molecule has 0 bridgehead atoms. The van der Waals surface area contributed by atoms with Crippen molar-refractivity contribution in [1.29, 1.82) is 0 Å². The van der Waals surface area contributed by atoms with Crippen molar-refractivity contribution in [2.75, 3.05) is 26.3 Å². The van der Waals surface area contributed by atoms with Gasteiger partial charge in [-0.2, -0.15) is 0 Å². The third-order valence-corrected chi connectivity index (χ3v) is 5.73. The van der Waals surface area contributed by atoms with Gasteiger partial charge >= 0.3 is 51.4 Å². The van der Waals surface area contributed by atoms with Gasteiger partial charge < -0.3 is 25.0 Å². The van der Waals surface area contributed by atoms with Crippen LogP contribution in [0.15, 0.2) is 0 Å². The second-order valence-corrected chi connectivity index (χ2v) is 8.35. The third kappa shape index (κ3) is 14.5. The molecule has 0 saturated carbocycles. The number of carbonyl (C=O) groups is 2. The van der Waals surface area contributed by atoms with Crippen LogP contribution in [0.5, 0.6) is 0 Å².